The zero-order valence-corrected chi connectivity index (χ0v) is 32.3. The minimum Gasteiger partial charge on any atom is -0.370 e. The average molecular weight is 769 g/mol. The molecule has 3 saturated heterocycles. The Balaban J connectivity index is 0.818. The van der Waals surface area contributed by atoms with Gasteiger partial charge in [0.1, 0.15) is 5.39 Å². The number of imide groups is 1. The minimum atomic E-state index is -0.355. The molecule has 4 aromatic heterocycles. The van der Waals surface area contributed by atoms with E-state index in [9.17, 15) is 14.4 Å². The van der Waals surface area contributed by atoms with Crippen LogP contribution in [0.4, 0.5) is 27.8 Å². The number of urea groups is 1. The molecule has 4 aliphatic rings. The van der Waals surface area contributed by atoms with Gasteiger partial charge in [-0.05, 0) is 73.7 Å². The highest BCUT2D eigenvalue weighted by atomic mass is 16.2. The van der Waals surface area contributed by atoms with Crippen molar-refractivity contribution in [1.29, 1.82) is 0 Å². The molecule has 2 unspecified atom stereocenters. The number of piperazine rings is 1. The van der Waals surface area contributed by atoms with Gasteiger partial charge in [0.05, 0.1) is 30.7 Å². The van der Waals surface area contributed by atoms with Crippen molar-refractivity contribution in [2.75, 3.05) is 60.9 Å². The van der Waals surface area contributed by atoms with Crippen LogP contribution in [0.5, 0.6) is 0 Å². The number of carbonyl (C=O) groups is 2. The van der Waals surface area contributed by atoms with Crippen LogP contribution in [0.25, 0.3) is 16.9 Å². The van der Waals surface area contributed by atoms with Gasteiger partial charge >= 0.3 is 6.03 Å². The fourth-order valence-corrected chi connectivity index (χ4v) is 8.80. The van der Waals surface area contributed by atoms with E-state index in [0.717, 1.165) is 87.7 Å². The fourth-order valence-electron chi connectivity index (χ4n) is 8.80. The second-order valence-electron chi connectivity index (χ2n) is 15.4. The van der Waals surface area contributed by atoms with Crippen LogP contribution in [-0.4, -0.2) is 103 Å². The van der Waals surface area contributed by atoms with E-state index in [-0.39, 0.29) is 17.5 Å². The number of benzene rings is 1. The van der Waals surface area contributed by atoms with Crippen LogP contribution in [0.1, 0.15) is 55.5 Å². The number of hydrogen-bond acceptors (Lipinski definition) is 11. The SMILES string of the molecule is C=CCn1c(=O)c2cnc(Nc3ccc(N4CCC(N5CCN(c6ccc(CN7CCC(=O)NC7=O)nc6)CC5)C4)cc3)nc2n1-c1ccc2c(n1)C(CC)CC2. The number of hydrogen-bond donors (Lipinski definition) is 2. The van der Waals surface area contributed by atoms with Crippen molar-refractivity contribution in [1.82, 2.24) is 44.4 Å². The topological polar surface area (TPSA) is 150 Å². The number of nitrogens with zero attached hydrogens (tertiary/aromatic N) is 10. The normalized spacial score (nSPS) is 20.0. The fraction of sp³-hybridized carbons (Fsp3) is 0.405. The first-order chi connectivity index (χ1) is 27.8. The quantitative estimate of drug-likeness (QED) is 0.182. The van der Waals surface area contributed by atoms with E-state index in [2.05, 4.69) is 85.2 Å². The Hall–Kier alpha value is -6.09. The summed E-state index contributed by atoms with van der Waals surface area (Å²) in [5, 5.41) is 6.17. The highest BCUT2D eigenvalue weighted by Crippen LogP contribution is 2.35. The molecule has 3 fully saturated rings. The molecule has 0 radical (unpaired) electrons. The second-order valence-corrected chi connectivity index (χ2v) is 15.4. The zero-order chi connectivity index (χ0) is 39.0. The van der Waals surface area contributed by atoms with Crippen LogP contribution >= 0.6 is 0 Å². The van der Waals surface area contributed by atoms with Gasteiger partial charge in [-0.1, -0.05) is 19.1 Å². The van der Waals surface area contributed by atoms with E-state index in [1.54, 1.807) is 21.9 Å². The van der Waals surface area contributed by atoms with Gasteiger partial charge in [0.2, 0.25) is 11.9 Å². The monoisotopic (exact) mass is 768 g/mol. The summed E-state index contributed by atoms with van der Waals surface area (Å²) in [7, 11) is 0. The summed E-state index contributed by atoms with van der Waals surface area (Å²) >= 11 is 0. The van der Waals surface area contributed by atoms with Gasteiger partial charge < -0.3 is 20.0 Å². The molecular formula is C42H48N12O3. The van der Waals surface area contributed by atoms with Crippen molar-refractivity contribution >= 4 is 46.0 Å². The molecule has 57 heavy (non-hydrogen) atoms. The Kier molecular flexibility index (Phi) is 9.90. The lowest BCUT2D eigenvalue weighted by molar-refractivity contribution is -0.121. The summed E-state index contributed by atoms with van der Waals surface area (Å²) in [6.07, 6.45) is 9.81. The molecule has 1 aliphatic carbocycles. The number of anilines is 4. The summed E-state index contributed by atoms with van der Waals surface area (Å²) in [4.78, 5) is 65.2. The second kappa shape index (κ2) is 15.4. The van der Waals surface area contributed by atoms with Gasteiger partial charge in [0.15, 0.2) is 11.5 Å². The number of aryl methyl sites for hydroxylation is 1. The summed E-state index contributed by atoms with van der Waals surface area (Å²) in [6.45, 7) is 13.0. The number of aromatic nitrogens is 6. The first-order valence-electron chi connectivity index (χ1n) is 20.1. The van der Waals surface area contributed by atoms with Gasteiger partial charge in [-0.25, -0.2) is 24.1 Å². The largest absolute Gasteiger partial charge is 0.370 e. The minimum absolute atomic E-state index is 0.174. The molecule has 9 rings (SSSR count). The molecule has 0 spiro atoms. The first-order valence-corrected chi connectivity index (χ1v) is 20.1. The van der Waals surface area contributed by atoms with E-state index < -0.39 is 0 Å². The Bertz CT molecular complexity index is 2360. The molecule has 3 aliphatic heterocycles. The number of fused-ring (bicyclic) bond motifs is 2. The highest BCUT2D eigenvalue weighted by molar-refractivity contribution is 5.96. The Morgan fingerprint density at radius 3 is 2.44 bits per heavy atom. The summed E-state index contributed by atoms with van der Waals surface area (Å²) in [6, 6.07) is 16.7. The third-order valence-corrected chi connectivity index (χ3v) is 12.0. The highest BCUT2D eigenvalue weighted by Gasteiger charge is 2.31. The predicted octanol–water partition coefficient (Wildman–Crippen LogP) is 4.58. The lowest BCUT2D eigenvalue weighted by atomic mass is 10.0. The van der Waals surface area contributed by atoms with E-state index in [1.807, 2.05) is 23.0 Å². The lowest BCUT2D eigenvalue weighted by Crippen LogP contribution is -2.51. The molecule has 15 nitrogen and oxygen atoms in total. The van der Waals surface area contributed by atoms with Gasteiger partial charge in [0, 0.05) is 87.5 Å². The average Bonchev–Trinajstić information content (AvgIpc) is 3.96. The molecular weight excluding hydrogens is 721 g/mol. The standard InChI is InChI=1S/C42H48N12O3/c1-3-17-53-40(56)35-25-44-41(48-39(35)54(53)36-14-7-29-6-5-28(4-2)38(29)46-36)45-30-8-11-32(12-9-30)51-18-15-34(27-51)50-22-20-49(21-23-50)33-13-10-31(43-24-33)26-52-19-16-37(55)47-42(52)57/h3,7-14,24-25,28,34H,1,4-6,15-23,26-27H2,2H3,(H,44,45,48)(H,47,55,57). The number of amides is 3. The predicted molar refractivity (Wildman–Crippen MR) is 219 cm³/mol. The van der Waals surface area contributed by atoms with Crippen LogP contribution in [0.2, 0.25) is 0 Å². The lowest BCUT2D eigenvalue weighted by Gasteiger charge is -2.39. The molecule has 3 amide bonds. The van der Waals surface area contributed by atoms with E-state index in [1.165, 1.54) is 11.3 Å². The maximum atomic E-state index is 13.5. The van der Waals surface area contributed by atoms with Gasteiger partial charge in [-0.15, -0.1) is 6.58 Å². The van der Waals surface area contributed by atoms with Crippen molar-refractivity contribution < 1.29 is 9.59 Å². The molecule has 2 N–H and O–H groups in total. The molecule has 5 aromatic rings. The number of rotatable bonds is 11. The molecule has 15 heteroatoms. The van der Waals surface area contributed by atoms with Crippen LogP contribution in [-0.2, 0) is 24.3 Å². The summed E-state index contributed by atoms with van der Waals surface area (Å²) in [5.41, 5.74) is 6.68. The molecule has 2 atom stereocenters. The van der Waals surface area contributed by atoms with Gasteiger partial charge in [-0.3, -0.25) is 24.8 Å². The maximum absolute atomic E-state index is 13.5. The van der Waals surface area contributed by atoms with E-state index in [4.69, 9.17) is 9.97 Å². The summed E-state index contributed by atoms with van der Waals surface area (Å²) in [5.74, 6) is 1.28. The molecule has 1 aromatic carbocycles. The van der Waals surface area contributed by atoms with E-state index in [0.29, 0.717) is 60.8 Å². The van der Waals surface area contributed by atoms with E-state index >= 15 is 0 Å². The number of nitrogens with one attached hydrogen (secondary N) is 2. The van der Waals surface area contributed by atoms with Crippen molar-refractivity contribution in [2.24, 2.45) is 0 Å². The van der Waals surface area contributed by atoms with Crippen LogP contribution in [0.3, 0.4) is 0 Å². The summed E-state index contributed by atoms with van der Waals surface area (Å²) < 4.78 is 3.44. The first kappa shape index (κ1) is 36.5. The van der Waals surface area contributed by atoms with Crippen molar-refractivity contribution in [2.45, 2.75) is 64.1 Å². The Morgan fingerprint density at radius 1 is 0.860 bits per heavy atom. The maximum Gasteiger partial charge on any atom is 0.324 e. The molecule has 294 valence electrons. The van der Waals surface area contributed by atoms with Gasteiger partial charge in [0.25, 0.3) is 5.56 Å². The van der Waals surface area contributed by atoms with Crippen molar-refractivity contribution in [3.05, 3.63) is 101 Å². The number of carbonyl (C=O) groups excluding carboxylic acids is 2. The van der Waals surface area contributed by atoms with Crippen LogP contribution in [0.15, 0.2) is 78.4 Å². The smallest absolute Gasteiger partial charge is 0.324 e. The third kappa shape index (κ3) is 7.23. The molecule has 0 bridgehead atoms. The number of pyridine rings is 2. The molecule has 7 heterocycles. The Labute approximate surface area is 331 Å². The zero-order valence-electron chi connectivity index (χ0n) is 32.3. The molecule has 0 saturated carbocycles. The number of allylic oxidation sites excluding steroid dienone is 1. The Morgan fingerprint density at radius 2 is 1.68 bits per heavy atom. The van der Waals surface area contributed by atoms with Crippen molar-refractivity contribution in [3.8, 4) is 5.82 Å². The third-order valence-electron chi connectivity index (χ3n) is 12.0. The van der Waals surface area contributed by atoms with Crippen molar-refractivity contribution in [3.63, 3.8) is 0 Å². The van der Waals surface area contributed by atoms with Crippen LogP contribution < -0.4 is 26.0 Å². The van der Waals surface area contributed by atoms with Gasteiger partial charge in [-0.2, -0.15) is 4.98 Å². The van der Waals surface area contributed by atoms with Crippen LogP contribution in [0, 0.1) is 0 Å².